The molecule has 0 aliphatic heterocycles. The number of carbonyl (C=O) groups is 2. The summed E-state index contributed by atoms with van der Waals surface area (Å²) < 4.78 is 0. The number of urea groups is 1. The summed E-state index contributed by atoms with van der Waals surface area (Å²) in [6.07, 6.45) is 0. The van der Waals surface area contributed by atoms with Crippen molar-refractivity contribution in [3.63, 3.8) is 0 Å². The number of hydrogen-bond acceptors (Lipinski definition) is 3. The molecule has 3 amide bonds. The molecule has 0 aromatic heterocycles. The number of phenols is 1. The maximum absolute atomic E-state index is 11.7. The Morgan fingerprint density at radius 3 is 2.15 bits per heavy atom. The molecule has 0 bridgehead atoms. The van der Waals surface area contributed by atoms with E-state index in [1.807, 2.05) is 6.07 Å². The van der Waals surface area contributed by atoms with Crippen LogP contribution in [0.25, 0.3) is 0 Å². The van der Waals surface area contributed by atoms with Gasteiger partial charge in [-0.15, -0.1) is 0 Å². The van der Waals surface area contributed by atoms with E-state index in [4.69, 9.17) is 5.11 Å². The van der Waals surface area contributed by atoms with Crippen molar-refractivity contribution in [2.45, 2.75) is 0 Å². The summed E-state index contributed by atoms with van der Waals surface area (Å²) in [7, 11) is 0. The van der Waals surface area contributed by atoms with Gasteiger partial charge in [0.05, 0.1) is 0 Å². The third-order valence-corrected chi connectivity index (χ3v) is 2.45. The van der Waals surface area contributed by atoms with Gasteiger partial charge in [0.25, 0.3) is 5.91 Å². The highest BCUT2D eigenvalue weighted by molar-refractivity contribution is 5.97. The average molecular weight is 271 g/mol. The highest BCUT2D eigenvalue weighted by Crippen LogP contribution is 2.09. The Balaban J connectivity index is 1.84. The van der Waals surface area contributed by atoms with Crippen LogP contribution in [0.1, 0.15) is 10.4 Å². The number of amides is 3. The SMILES string of the molecule is O=C(NNC(=O)c1ccc(O)cc1)Nc1ccccc1. The van der Waals surface area contributed by atoms with Crippen LogP contribution in [0.3, 0.4) is 0 Å². The molecule has 0 radical (unpaired) electrons. The fourth-order valence-electron chi connectivity index (χ4n) is 1.48. The van der Waals surface area contributed by atoms with Crippen molar-refractivity contribution in [3.8, 4) is 5.75 Å². The normalized spacial score (nSPS) is 9.60. The van der Waals surface area contributed by atoms with Crippen LogP contribution in [0.15, 0.2) is 54.6 Å². The van der Waals surface area contributed by atoms with Gasteiger partial charge in [-0.2, -0.15) is 0 Å². The number of nitrogens with one attached hydrogen (secondary N) is 3. The molecule has 4 N–H and O–H groups in total. The minimum absolute atomic E-state index is 0.0660. The number of para-hydroxylation sites is 1. The lowest BCUT2D eigenvalue weighted by molar-refractivity contribution is 0.0938. The van der Waals surface area contributed by atoms with Crippen LogP contribution in [0.2, 0.25) is 0 Å². The zero-order valence-corrected chi connectivity index (χ0v) is 10.5. The van der Waals surface area contributed by atoms with Crippen molar-refractivity contribution in [3.05, 3.63) is 60.2 Å². The molecule has 0 heterocycles. The second-order valence-electron chi connectivity index (χ2n) is 3.95. The molecule has 0 saturated carbocycles. The molecular formula is C14H13N3O3. The Labute approximate surface area is 115 Å². The van der Waals surface area contributed by atoms with Gasteiger partial charge in [0.2, 0.25) is 0 Å². The number of aromatic hydroxyl groups is 1. The van der Waals surface area contributed by atoms with Crippen LogP contribution in [0.4, 0.5) is 10.5 Å². The second-order valence-corrected chi connectivity index (χ2v) is 3.95. The van der Waals surface area contributed by atoms with Crippen LogP contribution >= 0.6 is 0 Å². The molecule has 102 valence electrons. The molecule has 2 aromatic rings. The number of hydrogen-bond donors (Lipinski definition) is 4. The Kier molecular flexibility index (Phi) is 4.18. The van der Waals surface area contributed by atoms with E-state index in [0.29, 0.717) is 11.3 Å². The van der Waals surface area contributed by atoms with E-state index >= 15 is 0 Å². The minimum Gasteiger partial charge on any atom is -0.508 e. The molecule has 0 unspecified atom stereocenters. The Hall–Kier alpha value is -3.02. The third-order valence-electron chi connectivity index (χ3n) is 2.45. The number of benzene rings is 2. The molecule has 0 aliphatic rings. The molecule has 0 spiro atoms. The van der Waals surface area contributed by atoms with Crippen LogP contribution in [0, 0.1) is 0 Å². The highest BCUT2D eigenvalue weighted by atomic mass is 16.3. The van der Waals surface area contributed by atoms with E-state index < -0.39 is 11.9 Å². The summed E-state index contributed by atoms with van der Waals surface area (Å²) in [6, 6.07) is 14.0. The molecule has 20 heavy (non-hydrogen) atoms. The predicted molar refractivity (Wildman–Crippen MR) is 74.2 cm³/mol. The molecule has 0 aliphatic carbocycles. The summed E-state index contributed by atoms with van der Waals surface area (Å²) in [6.45, 7) is 0. The highest BCUT2D eigenvalue weighted by Gasteiger charge is 2.07. The van der Waals surface area contributed by atoms with Gasteiger partial charge in [0, 0.05) is 11.3 Å². The zero-order chi connectivity index (χ0) is 14.4. The minimum atomic E-state index is -0.552. The fourth-order valence-corrected chi connectivity index (χ4v) is 1.48. The van der Waals surface area contributed by atoms with E-state index in [9.17, 15) is 9.59 Å². The van der Waals surface area contributed by atoms with E-state index in [0.717, 1.165) is 0 Å². The van der Waals surface area contributed by atoms with Gasteiger partial charge in [-0.3, -0.25) is 10.2 Å². The summed E-state index contributed by atoms with van der Waals surface area (Å²) in [5.41, 5.74) is 5.42. The Morgan fingerprint density at radius 1 is 0.850 bits per heavy atom. The van der Waals surface area contributed by atoms with Gasteiger partial charge in [0.15, 0.2) is 0 Å². The van der Waals surface area contributed by atoms with Gasteiger partial charge in [0.1, 0.15) is 5.75 Å². The molecule has 2 rings (SSSR count). The number of anilines is 1. The smallest absolute Gasteiger partial charge is 0.337 e. The van der Waals surface area contributed by atoms with Gasteiger partial charge in [-0.25, -0.2) is 10.2 Å². The second kappa shape index (κ2) is 6.24. The quantitative estimate of drug-likeness (QED) is 0.628. The summed E-state index contributed by atoms with van der Waals surface area (Å²) in [5, 5.41) is 11.7. The van der Waals surface area contributed by atoms with Crippen LogP contribution in [-0.4, -0.2) is 17.0 Å². The number of rotatable bonds is 2. The topological polar surface area (TPSA) is 90.5 Å². The van der Waals surface area contributed by atoms with Gasteiger partial charge >= 0.3 is 6.03 Å². The number of phenolic OH excluding ortho intramolecular Hbond substituents is 1. The van der Waals surface area contributed by atoms with E-state index in [-0.39, 0.29) is 5.75 Å². The standard InChI is InChI=1S/C14H13N3O3/c18-12-8-6-10(7-9-12)13(19)16-17-14(20)15-11-4-2-1-3-5-11/h1-9,18H,(H,16,19)(H2,15,17,20). The van der Waals surface area contributed by atoms with Crippen molar-refractivity contribution in [1.29, 1.82) is 0 Å². The Bertz CT molecular complexity index is 597. The molecule has 0 atom stereocenters. The zero-order valence-electron chi connectivity index (χ0n) is 10.5. The lowest BCUT2D eigenvalue weighted by Crippen LogP contribution is -2.43. The van der Waals surface area contributed by atoms with Crippen molar-refractivity contribution < 1.29 is 14.7 Å². The first-order chi connectivity index (χ1) is 9.65. The first kappa shape index (κ1) is 13.4. The van der Waals surface area contributed by atoms with Crippen molar-refractivity contribution in [1.82, 2.24) is 10.9 Å². The van der Waals surface area contributed by atoms with Crippen molar-refractivity contribution in [2.75, 3.05) is 5.32 Å². The largest absolute Gasteiger partial charge is 0.508 e. The first-order valence-electron chi connectivity index (χ1n) is 5.86. The first-order valence-corrected chi connectivity index (χ1v) is 5.86. The van der Waals surface area contributed by atoms with E-state index in [1.165, 1.54) is 24.3 Å². The van der Waals surface area contributed by atoms with Gasteiger partial charge < -0.3 is 10.4 Å². The van der Waals surface area contributed by atoms with Crippen LogP contribution < -0.4 is 16.2 Å². The summed E-state index contributed by atoms with van der Waals surface area (Å²) >= 11 is 0. The molecule has 6 heteroatoms. The van der Waals surface area contributed by atoms with Crippen LogP contribution in [0.5, 0.6) is 5.75 Å². The average Bonchev–Trinajstić information content (AvgIpc) is 2.46. The van der Waals surface area contributed by atoms with Gasteiger partial charge in [-0.1, -0.05) is 18.2 Å². The lowest BCUT2D eigenvalue weighted by Gasteiger charge is -2.08. The molecule has 2 aromatic carbocycles. The van der Waals surface area contributed by atoms with E-state index in [2.05, 4.69) is 16.2 Å². The maximum Gasteiger partial charge on any atom is 0.337 e. The molecular weight excluding hydrogens is 258 g/mol. The van der Waals surface area contributed by atoms with Crippen LogP contribution in [-0.2, 0) is 0 Å². The van der Waals surface area contributed by atoms with Gasteiger partial charge in [-0.05, 0) is 36.4 Å². The number of hydrazine groups is 1. The summed E-state index contributed by atoms with van der Waals surface area (Å²) in [4.78, 5) is 23.2. The number of carbonyl (C=O) groups excluding carboxylic acids is 2. The maximum atomic E-state index is 11.7. The molecule has 6 nitrogen and oxygen atoms in total. The van der Waals surface area contributed by atoms with E-state index in [1.54, 1.807) is 24.3 Å². The lowest BCUT2D eigenvalue weighted by atomic mass is 10.2. The summed E-state index contributed by atoms with van der Waals surface area (Å²) in [5.74, 6) is -0.412. The fraction of sp³-hybridized carbons (Fsp3) is 0. The Morgan fingerprint density at radius 2 is 1.50 bits per heavy atom. The predicted octanol–water partition coefficient (Wildman–Crippen LogP) is 1.86. The third kappa shape index (κ3) is 3.74. The van der Waals surface area contributed by atoms with Crippen molar-refractivity contribution in [2.24, 2.45) is 0 Å². The van der Waals surface area contributed by atoms with Crippen molar-refractivity contribution >= 4 is 17.6 Å². The monoisotopic (exact) mass is 271 g/mol. The molecule has 0 fully saturated rings. The molecule has 0 saturated heterocycles.